The molecule has 1 aromatic heterocycles. The van der Waals surface area contributed by atoms with Gasteiger partial charge in [0.15, 0.2) is 0 Å². The monoisotopic (exact) mass is 333 g/mol. The summed E-state index contributed by atoms with van der Waals surface area (Å²) >= 11 is 0. The van der Waals surface area contributed by atoms with Gasteiger partial charge in [0.2, 0.25) is 0 Å². The van der Waals surface area contributed by atoms with E-state index in [0.717, 1.165) is 12.5 Å². The molecule has 0 saturated carbocycles. The highest BCUT2D eigenvalue weighted by Gasteiger charge is 2.23. The van der Waals surface area contributed by atoms with Gasteiger partial charge in [0.1, 0.15) is 35.3 Å². The molecule has 4 nitrogen and oxygen atoms in total. The van der Waals surface area contributed by atoms with Gasteiger partial charge >= 0.3 is 0 Å². The van der Waals surface area contributed by atoms with E-state index >= 15 is 0 Å². The summed E-state index contributed by atoms with van der Waals surface area (Å²) in [5.41, 5.74) is 0.0195. The molecule has 128 valence electrons. The van der Waals surface area contributed by atoms with Crippen molar-refractivity contribution >= 4 is 5.84 Å². The molecule has 0 aliphatic heterocycles. The third kappa shape index (κ3) is 3.88. The number of hydrogen-bond acceptors (Lipinski definition) is 3. The van der Waals surface area contributed by atoms with E-state index in [9.17, 15) is 8.78 Å². The summed E-state index contributed by atoms with van der Waals surface area (Å²) in [6, 6.07) is 6.43. The minimum atomic E-state index is -0.667. The zero-order valence-corrected chi connectivity index (χ0v) is 14.0. The number of hydrogen-bond donors (Lipinski definition) is 2. The number of rotatable bonds is 5. The van der Waals surface area contributed by atoms with E-state index in [4.69, 9.17) is 15.6 Å². The third-order valence-electron chi connectivity index (χ3n) is 4.10. The van der Waals surface area contributed by atoms with E-state index in [1.807, 2.05) is 20.8 Å². The highest BCUT2D eigenvalue weighted by atomic mass is 19.1. The molecule has 1 aromatic carbocycles. The standard InChI is InChI=1S/C18H21F2N3O/c1-4-18(2,3)17(22)23-10-14(7-8-16(23)21)24-11-12-5-6-13(19)9-15(12)20/h5-10,21-22H,4,11H2,1-3H3. The van der Waals surface area contributed by atoms with Crippen LogP contribution in [0, 0.1) is 27.9 Å². The van der Waals surface area contributed by atoms with Gasteiger partial charge in [-0.25, -0.2) is 8.78 Å². The van der Waals surface area contributed by atoms with Crippen molar-refractivity contribution in [2.24, 2.45) is 5.41 Å². The van der Waals surface area contributed by atoms with Crippen molar-refractivity contribution in [2.75, 3.05) is 0 Å². The van der Waals surface area contributed by atoms with E-state index in [1.165, 1.54) is 22.8 Å². The molecule has 6 heteroatoms. The molecule has 0 saturated heterocycles. The van der Waals surface area contributed by atoms with Crippen LogP contribution in [0.5, 0.6) is 5.75 Å². The summed E-state index contributed by atoms with van der Waals surface area (Å²) in [5, 5.41) is 16.3. The number of ether oxygens (including phenoxy) is 1. The maximum Gasteiger partial charge on any atom is 0.136 e. The fourth-order valence-electron chi connectivity index (χ4n) is 2.04. The van der Waals surface area contributed by atoms with Crippen LogP contribution in [0.15, 0.2) is 36.5 Å². The highest BCUT2D eigenvalue weighted by Crippen LogP contribution is 2.22. The van der Waals surface area contributed by atoms with Gasteiger partial charge in [-0.05, 0) is 30.7 Å². The van der Waals surface area contributed by atoms with E-state index in [-0.39, 0.29) is 28.9 Å². The maximum atomic E-state index is 13.6. The van der Waals surface area contributed by atoms with Crippen LogP contribution in [0.25, 0.3) is 0 Å². The number of benzene rings is 1. The second-order valence-electron chi connectivity index (χ2n) is 6.23. The van der Waals surface area contributed by atoms with Crippen molar-refractivity contribution in [2.45, 2.75) is 33.8 Å². The summed E-state index contributed by atoms with van der Waals surface area (Å²) < 4.78 is 33.5. The van der Waals surface area contributed by atoms with E-state index in [2.05, 4.69) is 0 Å². The van der Waals surface area contributed by atoms with Crippen LogP contribution < -0.4 is 10.2 Å². The molecule has 0 bridgehead atoms. The molecular weight excluding hydrogens is 312 g/mol. The predicted octanol–water partition coefficient (Wildman–Crippen LogP) is 4.09. The Hall–Kier alpha value is -2.50. The quantitative estimate of drug-likeness (QED) is 0.628. The lowest BCUT2D eigenvalue weighted by Crippen LogP contribution is -2.36. The Labute approximate surface area is 139 Å². The lowest BCUT2D eigenvalue weighted by atomic mass is 9.88. The minimum Gasteiger partial charge on any atom is -0.487 e. The average molecular weight is 333 g/mol. The number of halogens is 2. The summed E-state index contributed by atoms with van der Waals surface area (Å²) in [6.07, 6.45) is 2.30. The van der Waals surface area contributed by atoms with Crippen molar-refractivity contribution in [3.05, 3.63) is 59.2 Å². The first-order valence-corrected chi connectivity index (χ1v) is 7.68. The predicted molar refractivity (Wildman–Crippen MR) is 88.2 cm³/mol. The second-order valence-corrected chi connectivity index (χ2v) is 6.23. The second kappa shape index (κ2) is 6.95. The molecule has 24 heavy (non-hydrogen) atoms. The fraction of sp³-hybridized carbons (Fsp3) is 0.333. The normalized spacial score (nSPS) is 11.4. The molecule has 0 aliphatic carbocycles. The van der Waals surface area contributed by atoms with Crippen LogP contribution in [0.1, 0.15) is 32.8 Å². The average Bonchev–Trinajstić information content (AvgIpc) is 2.54. The largest absolute Gasteiger partial charge is 0.487 e. The van der Waals surface area contributed by atoms with Crippen molar-refractivity contribution in [3.63, 3.8) is 0 Å². The molecule has 2 rings (SSSR count). The van der Waals surface area contributed by atoms with Crippen LogP contribution >= 0.6 is 0 Å². The van der Waals surface area contributed by atoms with Gasteiger partial charge in [0.25, 0.3) is 0 Å². The summed E-state index contributed by atoms with van der Waals surface area (Å²) in [4.78, 5) is 0. The van der Waals surface area contributed by atoms with Gasteiger partial charge < -0.3 is 4.74 Å². The van der Waals surface area contributed by atoms with Crippen molar-refractivity contribution in [1.29, 1.82) is 10.8 Å². The van der Waals surface area contributed by atoms with Crippen molar-refractivity contribution in [3.8, 4) is 5.75 Å². The molecule has 0 unspecified atom stereocenters. The first-order chi connectivity index (χ1) is 11.2. The molecule has 0 spiro atoms. The molecular formula is C18H21F2N3O. The van der Waals surface area contributed by atoms with Crippen molar-refractivity contribution < 1.29 is 13.5 Å². The molecule has 0 amide bonds. The van der Waals surface area contributed by atoms with Gasteiger partial charge in [0, 0.05) is 17.0 Å². The lowest BCUT2D eigenvalue weighted by Gasteiger charge is -2.25. The molecule has 0 fully saturated rings. The SMILES string of the molecule is CCC(C)(C)C(=N)n1cc(OCc2ccc(F)cc2F)ccc1=N. The zero-order chi connectivity index (χ0) is 17.9. The number of aromatic nitrogens is 1. The minimum absolute atomic E-state index is 0.0615. The Balaban J connectivity index is 2.22. The Morgan fingerprint density at radius 2 is 1.92 bits per heavy atom. The molecule has 0 aliphatic rings. The van der Waals surface area contributed by atoms with Crippen LogP contribution in [0.3, 0.4) is 0 Å². The van der Waals surface area contributed by atoms with Crippen LogP contribution in [-0.4, -0.2) is 10.4 Å². The number of nitrogens with zero attached hydrogens (tertiary/aromatic N) is 1. The van der Waals surface area contributed by atoms with Gasteiger partial charge in [-0.15, -0.1) is 0 Å². The lowest BCUT2D eigenvalue weighted by molar-refractivity contribution is 0.297. The van der Waals surface area contributed by atoms with Crippen LogP contribution in [-0.2, 0) is 6.61 Å². The molecule has 0 atom stereocenters. The number of nitrogens with one attached hydrogen (secondary N) is 2. The Morgan fingerprint density at radius 1 is 1.21 bits per heavy atom. The zero-order valence-electron chi connectivity index (χ0n) is 14.0. The topological polar surface area (TPSA) is 61.9 Å². The summed E-state index contributed by atoms with van der Waals surface area (Å²) in [7, 11) is 0. The van der Waals surface area contributed by atoms with Crippen molar-refractivity contribution in [1.82, 2.24) is 4.57 Å². The molecule has 2 aromatic rings. The van der Waals surface area contributed by atoms with E-state index in [0.29, 0.717) is 5.75 Å². The van der Waals surface area contributed by atoms with Crippen LogP contribution in [0.4, 0.5) is 8.78 Å². The fourth-order valence-corrected chi connectivity index (χ4v) is 2.04. The van der Waals surface area contributed by atoms with Gasteiger partial charge in [-0.1, -0.05) is 20.8 Å². The summed E-state index contributed by atoms with van der Waals surface area (Å²) in [6.45, 7) is 5.79. The maximum absolute atomic E-state index is 13.6. The van der Waals surface area contributed by atoms with Gasteiger partial charge in [-0.3, -0.25) is 15.4 Å². The van der Waals surface area contributed by atoms with E-state index in [1.54, 1.807) is 12.3 Å². The molecule has 2 N–H and O–H groups in total. The first kappa shape index (κ1) is 17.8. The summed E-state index contributed by atoms with van der Waals surface area (Å²) in [5.74, 6) is -0.609. The third-order valence-corrected chi connectivity index (χ3v) is 4.10. The van der Waals surface area contributed by atoms with Crippen LogP contribution in [0.2, 0.25) is 0 Å². The van der Waals surface area contributed by atoms with Gasteiger partial charge in [0.05, 0.1) is 6.20 Å². The molecule has 0 radical (unpaired) electrons. The van der Waals surface area contributed by atoms with Gasteiger partial charge in [-0.2, -0.15) is 0 Å². The smallest absolute Gasteiger partial charge is 0.136 e. The Morgan fingerprint density at radius 3 is 2.54 bits per heavy atom. The Bertz CT molecular complexity index is 812. The Kier molecular flexibility index (Phi) is 5.17. The van der Waals surface area contributed by atoms with E-state index < -0.39 is 11.6 Å². The first-order valence-electron chi connectivity index (χ1n) is 7.68. The highest BCUT2D eigenvalue weighted by molar-refractivity contribution is 5.86. The molecule has 1 heterocycles. The number of pyridine rings is 1.